The second-order valence-corrected chi connectivity index (χ2v) is 6.44. The molecule has 1 unspecified atom stereocenters. The van der Waals surface area contributed by atoms with Crippen LogP contribution in [0.15, 0.2) is 30.6 Å². The fourth-order valence-electron chi connectivity index (χ4n) is 2.15. The van der Waals surface area contributed by atoms with E-state index in [1.165, 1.54) is 9.75 Å². The Balaban J connectivity index is 2.17. The molecule has 0 amide bonds. The van der Waals surface area contributed by atoms with Crippen molar-refractivity contribution < 1.29 is 0 Å². The first-order chi connectivity index (χ1) is 9.74. The molecule has 0 radical (unpaired) electrons. The van der Waals surface area contributed by atoms with Crippen LogP contribution in [0.4, 0.5) is 0 Å². The predicted molar refractivity (Wildman–Crippen MR) is 87.7 cm³/mol. The molecule has 2 rings (SSSR count). The van der Waals surface area contributed by atoms with Crippen molar-refractivity contribution >= 4 is 22.9 Å². The lowest BCUT2D eigenvalue weighted by atomic mass is 10.1. The largest absolute Gasteiger partial charge is 0.309 e. The number of aryl methyl sites for hydroxylation is 1. The lowest BCUT2D eigenvalue weighted by molar-refractivity contribution is 0.536. The lowest BCUT2D eigenvalue weighted by Crippen LogP contribution is -2.23. The van der Waals surface area contributed by atoms with Gasteiger partial charge in [0.05, 0.1) is 5.02 Å². The summed E-state index contributed by atoms with van der Waals surface area (Å²) in [5.41, 5.74) is 1.15. The highest BCUT2D eigenvalue weighted by Crippen LogP contribution is 2.28. The summed E-state index contributed by atoms with van der Waals surface area (Å²) in [5.74, 6) is 0. The van der Waals surface area contributed by atoms with Gasteiger partial charge in [-0.05, 0) is 49.6 Å². The minimum absolute atomic E-state index is 0.333. The van der Waals surface area contributed by atoms with Crippen LogP contribution in [0.1, 0.15) is 41.6 Å². The fourth-order valence-corrected chi connectivity index (χ4v) is 3.38. The predicted octanol–water partition coefficient (Wildman–Crippen LogP) is 4.64. The van der Waals surface area contributed by atoms with E-state index in [2.05, 4.69) is 36.3 Å². The molecule has 2 aromatic heterocycles. The molecule has 4 heteroatoms. The molecule has 2 heterocycles. The lowest BCUT2D eigenvalue weighted by Gasteiger charge is -2.18. The number of thiophene rings is 1. The molecule has 0 aromatic carbocycles. The van der Waals surface area contributed by atoms with Gasteiger partial charge in [0.2, 0.25) is 0 Å². The van der Waals surface area contributed by atoms with Crippen LogP contribution in [-0.2, 0) is 12.8 Å². The van der Waals surface area contributed by atoms with Gasteiger partial charge in [-0.1, -0.05) is 25.4 Å². The van der Waals surface area contributed by atoms with Gasteiger partial charge in [0.1, 0.15) is 0 Å². The Morgan fingerprint density at radius 1 is 1.30 bits per heavy atom. The molecule has 0 bridgehead atoms. The van der Waals surface area contributed by atoms with Crippen LogP contribution in [0.3, 0.4) is 0 Å². The third-order valence-corrected chi connectivity index (χ3v) is 4.98. The minimum Gasteiger partial charge on any atom is -0.309 e. The van der Waals surface area contributed by atoms with E-state index < -0.39 is 0 Å². The monoisotopic (exact) mass is 308 g/mol. The van der Waals surface area contributed by atoms with Crippen molar-refractivity contribution in [3.8, 4) is 0 Å². The molecular formula is C16H21ClN2S. The molecule has 0 fully saturated rings. The Hall–Kier alpha value is -0.900. The summed E-state index contributed by atoms with van der Waals surface area (Å²) >= 11 is 8.13. The summed E-state index contributed by atoms with van der Waals surface area (Å²) in [6.45, 7) is 5.41. The van der Waals surface area contributed by atoms with E-state index in [-0.39, 0.29) is 0 Å². The molecule has 0 saturated carbocycles. The van der Waals surface area contributed by atoms with Crippen LogP contribution < -0.4 is 5.32 Å². The van der Waals surface area contributed by atoms with Crippen LogP contribution >= 0.6 is 22.9 Å². The van der Waals surface area contributed by atoms with Crippen molar-refractivity contribution in [1.82, 2.24) is 10.3 Å². The average molecular weight is 309 g/mol. The third-order valence-electron chi connectivity index (χ3n) is 3.30. The first-order valence-corrected chi connectivity index (χ1v) is 8.34. The molecule has 2 nitrogen and oxygen atoms in total. The first-order valence-electron chi connectivity index (χ1n) is 7.15. The van der Waals surface area contributed by atoms with Crippen LogP contribution in [0, 0.1) is 0 Å². The van der Waals surface area contributed by atoms with Gasteiger partial charge in [0, 0.05) is 28.2 Å². The van der Waals surface area contributed by atoms with E-state index in [9.17, 15) is 0 Å². The number of rotatable bonds is 7. The molecular weight excluding hydrogens is 288 g/mol. The van der Waals surface area contributed by atoms with Crippen LogP contribution in [0.2, 0.25) is 5.02 Å². The summed E-state index contributed by atoms with van der Waals surface area (Å²) in [4.78, 5) is 6.88. The average Bonchev–Trinajstić information content (AvgIpc) is 2.94. The molecule has 1 N–H and O–H groups in total. The molecule has 2 aromatic rings. The topological polar surface area (TPSA) is 24.9 Å². The number of halogens is 1. The second kappa shape index (κ2) is 7.77. The summed E-state index contributed by atoms with van der Waals surface area (Å²) in [6.07, 6.45) is 6.67. The Bertz CT molecular complexity index is 539. The number of aromatic nitrogens is 1. The Kier molecular flexibility index (Phi) is 6.02. The molecule has 0 aliphatic carbocycles. The zero-order chi connectivity index (χ0) is 14.4. The molecule has 0 aliphatic heterocycles. The van der Waals surface area contributed by atoms with Crippen molar-refractivity contribution in [2.45, 2.75) is 39.2 Å². The van der Waals surface area contributed by atoms with Gasteiger partial charge in [-0.3, -0.25) is 4.98 Å². The SMILES string of the molecule is CCCNC(Cc1ccncc1Cl)c1ccc(CC)s1. The smallest absolute Gasteiger partial charge is 0.0622 e. The minimum atomic E-state index is 0.333. The van der Waals surface area contributed by atoms with Gasteiger partial charge in [-0.15, -0.1) is 11.3 Å². The number of hydrogen-bond acceptors (Lipinski definition) is 3. The van der Waals surface area contributed by atoms with Gasteiger partial charge in [0.15, 0.2) is 0 Å². The number of hydrogen-bond donors (Lipinski definition) is 1. The summed E-state index contributed by atoms with van der Waals surface area (Å²) in [7, 11) is 0. The van der Waals surface area contributed by atoms with E-state index in [1.54, 1.807) is 6.20 Å². The van der Waals surface area contributed by atoms with Crippen molar-refractivity contribution in [2.75, 3.05) is 6.54 Å². The quantitative estimate of drug-likeness (QED) is 0.806. The van der Waals surface area contributed by atoms with E-state index in [0.717, 1.165) is 36.4 Å². The molecule has 20 heavy (non-hydrogen) atoms. The Labute approximate surface area is 130 Å². The van der Waals surface area contributed by atoms with Gasteiger partial charge < -0.3 is 5.32 Å². The second-order valence-electron chi connectivity index (χ2n) is 4.84. The molecule has 0 spiro atoms. The van der Waals surface area contributed by atoms with Crippen molar-refractivity contribution in [3.05, 3.63) is 50.9 Å². The normalized spacial score (nSPS) is 12.6. The maximum atomic E-state index is 6.24. The van der Waals surface area contributed by atoms with Gasteiger partial charge >= 0.3 is 0 Å². The standard InChI is InChI=1S/C16H21ClN2S/c1-3-8-19-15(16-6-5-13(4-2)20-16)10-12-7-9-18-11-14(12)17/h5-7,9,11,15,19H,3-4,8,10H2,1-2H3. The Morgan fingerprint density at radius 3 is 2.80 bits per heavy atom. The molecule has 0 saturated heterocycles. The fraction of sp³-hybridized carbons (Fsp3) is 0.438. The molecule has 1 atom stereocenters. The Morgan fingerprint density at radius 2 is 2.15 bits per heavy atom. The van der Waals surface area contributed by atoms with Gasteiger partial charge in [-0.25, -0.2) is 0 Å². The van der Waals surface area contributed by atoms with Crippen LogP contribution in [-0.4, -0.2) is 11.5 Å². The van der Waals surface area contributed by atoms with Crippen LogP contribution in [0.5, 0.6) is 0 Å². The maximum Gasteiger partial charge on any atom is 0.0622 e. The molecule has 108 valence electrons. The van der Waals surface area contributed by atoms with Gasteiger partial charge in [-0.2, -0.15) is 0 Å². The van der Waals surface area contributed by atoms with Crippen LogP contribution in [0.25, 0.3) is 0 Å². The number of pyridine rings is 1. The maximum absolute atomic E-state index is 6.24. The summed E-state index contributed by atoms with van der Waals surface area (Å²) in [5, 5.41) is 4.38. The van der Waals surface area contributed by atoms with Crippen molar-refractivity contribution in [2.24, 2.45) is 0 Å². The third kappa shape index (κ3) is 4.05. The summed E-state index contributed by atoms with van der Waals surface area (Å²) < 4.78 is 0. The zero-order valence-electron chi connectivity index (χ0n) is 12.0. The number of nitrogens with one attached hydrogen (secondary N) is 1. The highest BCUT2D eigenvalue weighted by atomic mass is 35.5. The highest BCUT2D eigenvalue weighted by Gasteiger charge is 2.15. The summed E-state index contributed by atoms with van der Waals surface area (Å²) in [6, 6.07) is 6.82. The van der Waals surface area contributed by atoms with Crippen molar-refractivity contribution in [1.29, 1.82) is 0 Å². The molecule has 0 aliphatic rings. The van der Waals surface area contributed by atoms with E-state index in [1.807, 2.05) is 23.6 Å². The van der Waals surface area contributed by atoms with E-state index >= 15 is 0 Å². The highest BCUT2D eigenvalue weighted by molar-refractivity contribution is 7.12. The van der Waals surface area contributed by atoms with Crippen molar-refractivity contribution in [3.63, 3.8) is 0 Å². The number of nitrogens with zero attached hydrogens (tertiary/aromatic N) is 1. The zero-order valence-corrected chi connectivity index (χ0v) is 13.6. The first kappa shape index (κ1) is 15.5. The van der Waals surface area contributed by atoms with Gasteiger partial charge in [0.25, 0.3) is 0 Å². The van der Waals surface area contributed by atoms with E-state index in [4.69, 9.17) is 11.6 Å². The van der Waals surface area contributed by atoms with E-state index in [0.29, 0.717) is 6.04 Å².